The summed E-state index contributed by atoms with van der Waals surface area (Å²) in [5, 5.41) is 23.3. The van der Waals surface area contributed by atoms with Gasteiger partial charge in [0.2, 0.25) is 5.91 Å². The van der Waals surface area contributed by atoms with E-state index in [2.05, 4.69) is 67.8 Å². The molecule has 4 N–H and O–H groups in total. The SMILES string of the molecule is CCCCC/C=C\C/C=C\CCCCCCCCC(O)C(=O)NC(CS(=O)(=O)O)C(O)/C=C/CC/C=C/CC/C=C/CCCCCCCCC. The van der Waals surface area contributed by atoms with Gasteiger partial charge in [-0.1, -0.05) is 158 Å². The van der Waals surface area contributed by atoms with Crippen molar-refractivity contribution in [2.24, 2.45) is 0 Å². The summed E-state index contributed by atoms with van der Waals surface area (Å²) in [6.45, 7) is 4.47. The van der Waals surface area contributed by atoms with E-state index < -0.39 is 40.0 Å². The largest absolute Gasteiger partial charge is 0.387 e. The predicted octanol–water partition coefficient (Wildman–Crippen LogP) is 10.7. The highest BCUT2D eigenvalue weighted by atomic mass is 32.2. The summed E-state index contributed by atoms with van der Waals surface area (Å²) in [4.78, 5) is 12.6. The standard InChI is InChI=1S/C42H75NO6S/c1-3-5-7-9-11-13-15-17-19-21-23-24-26-28-30-32-34-36-40(44)39(38-50(47,48)49)43-42(46)41(45)37-35-33-31-29-27-25-22-20-18-16-14-12-10-8-6-4-2/h12,14,18-21,26,28,34,36,39-41,44-45H,3-11,13,15-17,22-25,27,29-33,35,37-38H2,1-2H3,(H,43,46)(H,47,48,49)/b14-12-,20-18-,21-19+,28-26+,36-34+. The molecule has 0 heterocycles. The van der Waals surface area contributed by atoms with Crippen LogP contribution in [0.1, 0.15) is 174 Å². The van der Waals surface area contributed by atoms with Crippen LogP contribution in [0.5, 0.6) is 0 Å². The predicted molar refractivity (Wildman–Crippen MR) is 213 cm³/mol. The smallest absolute Gasteiger partial charge is 0.267 e. The number of carbonyl (C=O) groups is 1. The number of amides is 1. The second-order valence-corrected chi connectivity index (χ2v) is 15.2. The van der Waals surface area contributed by atoms with Crippen LogP contribution in [0.4, 0.5) is 0 Å². The Balaban J connectivity index is 4.18. The van der Waals surface area contributed by atoms with E-state index in [0.29, 0.717) is 12.8 Å². The summed E-state index contributed by atoms with van der Waals surface area (Å²) < 4.78 is 32.5. The van der Waals surface area contributed by atoms with Crippen molar-refractivity contribution in [3.63, 3.8) is 0 Å². The summed E-state index contributed by atoms with van der Waals surface area (Å²) in [5.74, 6) is -1.58. The minimum atomic E-state index is -4.46. The van der Waals surface area contributed by atoms with Crippen LogP contribution < -0.4 is 5.32 Å². The van der Waals surface area contributed by atoms with Crippen LogP contribution in [0.2, 0.25) is 0 Å². The van der Waals surface area contributed by atoms with Crippen molar-refractivity contribution in [3.05, 3.63) is 60.8 Å². The molecule has 8 heteroatoms. The van der Waals surface area contributed by atoms with Gasteiger partial charge in [-0.3, -0.25) is 9.35 Å². The third-order valence-corrected chi connectivity index (χ3v) is 9.53. The molecular weight excluding hydrogens is 647 g/mol. The van der Waals surface area contributed by atoms with Crippen molar-refractivity contribution >= 4 is 16.0 Å². The number of nitrogens with one attached hydrogen (secondary N) is 1. The van der Waals surface area contributed by atoms with Gasteiger partial charge in [0.25, 0.3) is 10.1 Å². The Hall–Kier alpha value is -2.00. The molecule has 0 aromatic heterocycles. The highest BCUT2D eigenvalue weighted by Crippen LogP contribution is 2.12. The molecule has 3 unspecified atom stereocenters. The summed E-state index contributed by atoms with van der Waals surface area (Å²) in [7, 11) is -4.46. The van der Waals surface area contributed by atoms with Crippen molar-refractivity contribution < 1.29 is 28.0 Å². The van der Waals surface area contributed by atoms with Crippen molar-refractivity contribution in [1.29, 1.82) is 0 Å². The maximum absolute atomic E-state index is 12.6. The molecule has 0 rings (SSSR count). The maximum atomic E-state index is 12.6. The number of rotatable bonds is 35. The molecule has 0 bridgehead atoms. The van der Waals surface area contributed by atoms with E-state index in [1.165, 1.54) is 76.7 Å². The Kier molecular flexibility index (Phi) is 34.0. The molecule has 0 spiro atoms. The molecule has 0 radical (unpaired) electrons. The minimum Gasteiger partial charge on any atom is -0.387 e. The number of allylic oxidation sites excluding steroid dienone is 9. The number of aliphatic hydroxyl groups excluding tert-OH is 2. The quantitative estimate of drug-likeness (QED) is 0.0293. The van der Waals surface area contributed by atoms with Crippen LogP contribution in [0, 0.1) is 0 Å². The number of aliphatic hydroxyl groups is 2. The van der Waals surface area contributed by atoms with Gasteiger partial charge in [-0.15, -0.1) is 0 Å². The number of hydrogen-bond donors (Lipinski definition) is 4. The van der Waals surface area contributed by atoms with Gasteiger partial charge in [-0.2, -0.15) is 8.42 Å². The molecule has 0 aliphatic rings. The number of carbonyl (C=O) groups excluding carboxylic acids is 1. The summed E-state index contributed by atoms with van der Waals surface area (Å²) in [6.07, 6.45) is 45.5. The summed E-state index contributed by atoms with van der Waals surface area (Å²) in [5.41, 5.74) is 0. The van der Waals surface area contributed by atoms with Gasteiger partial charge < -0.3 is 15.5 Å². The van der Waals surface area contributed by atoms with Crippen LogP contribution in [0.25, 0.3) is 0 Å². The summed E-state index contributed by atoms with van der Waals surface area (Å²) >= 11 is 0. The van der Waals surface area contributed by atoms with Gasteiger partial charge in [0.1, 0.15) is 6.10 Å². The third kappa shape index (κ3) is 34.4. The summed E-state index contributed by atoms with van der Waals surface area (Å²) in [6, 6.07) is -1.26. The maximum Gasteiger partial charge on any atom is 0.267 e. The van der Waals surface area contributed by atoms with E-state index in [1.54, 1.807) is 6.08 Å². The number of hydrogen-bond acceptors (Lipinski definition) is 5. The molecule has 1 amide bonds. The zero-order valence-corrected chi connectivity index (χ0v) is 32.7. The van der Waals surface area contributed by atoms with E-state index in [4.69, 9.17) is 0 Å². The van der Waals surface area contributed by atoms with E-state index >= 15 is 0 Å². The topological polar surface area (TPSA) is 124 Å². The Bertz CT molecular complexity index is 1030. The fourth-order valence-corrected chi connectivity index (χ4v) is 6.37. The Labute approximate surface area is 307 Å². The fourth-order valence-electron chi connectivity index (χ4n) is 5.63. The molecule has 0 aliphatic heterocycles. The monoisotopic (exact) mass is 722 g/mol. The van der Waals surface area contributed by atoms with Crippen molar-refractivity contribution in [1.82, 2.24) is 5.32 Å². The van der Waals surface area contributed by atoms with Crippen LogP contribution in [0.15, 0.2) is 60.8 Å². The first kappa shape index (κ1) is 48.0. The van der Waals surface area contributed by atoms with Gasteiger partial charge in [0.15, 0.2) is 0 Å². The molecule has 50 heavy (non-hydrogen) atoms. The number of unbranched alkanes of at least 4 members (excludes halogenated alkanes) is 18. The molecule has 290 valence electrons. The molecule has 0 saturated carbocycles. The third-order valence-electron chi connectivity index (χ3n) is 8.75. The molecular formula is C42H75NO6S. The molecule has 0 fully saturated rings. The highest BCUT2D eigenvalue weighted by molar-refractivity contribution is 7.85. The molecule has 3 atom stereocenters. The lowest BCUT2D eigenvalue weighted by Crippen LogP contribution is -2.50. The average Bonchev–Trinajstić information content (AvgIpc) is 3.08. The van der Waals surface area contributed by atoms with Crippen LogP contribution in [0.3, 0.4) is 0 Å². The lowest BCUT2D eigenvalue weighted by molar-refractivity contribution is -0.130. The van der Waals surface area contributed by atoms with Gasteiger partial charge in [0.05, 0.1) is 17.9 Å². The second-order valence-electron chi connectivity index (χ2n) is 13.7. The first-order valence-corrected chi connectivity index (χ1v) is 21.7. The van der Waals surface area contributed by atoms with Gasteiger partial charge >= 0.3 is 0 Å². The first-order valence-electron chi connectivity index (χ1n) is 20.1. The highest BCUT2D eigenvalue weighted by Gasteiger charge is 2.27. The average molecular weight is 722 g/mol. The van der Waals surface area contributed by atoms with Gasteiger partial charge in [-0.25, -0.2) is 0 Å². The zero-order valence-electron chi connectivity index (χ0n) is 31.9. The van der Waals surface area contributed by atoms with Crippen molar-refractivity contribution in [2.45, 2.75) is 193 Å². The van der Waals surface area contributed by atoms with E-state index in [1.807, 2.05) is 0 Å². The van der Waals surface area contributed by atoms with Crippen LogP contribution in [-0.4, -0.2) is 53.1 Å². The normalized spacial score (nSPS) is 14.6. The lowest BCUT2D eigenvalue weighted by Gasteiger charge is -2.22. The molecule has 0 aromatic rings. The zero-order chi connectivity index (χ0) is 37.0. The van der Waals surface area contributed by atoms with E-state index in [0.717, 1.165) is 70.6 Å². The van der Waals surface area contributed by atoms with Crippen molar-refractivity contribution in [3.8, 4) is 0 Å². The lowest BCUT2D eigenvalue weighted by atomic mass is 10.0. The Morgan fingerprint density at radius 3 is 1.48 bits per heavy atom. The van der Waals surface area contributed by atoms with Crippen LogP contribution in [-0.2, 0) is 14.9 Å². The Morgan fingerprint density at radius 1 is 0.560 bits per heavy atom. The first-order chi connectivity index (χ1) is 24.2. The Morgan fingerprint density at radius 2 is 0.960 bits per heavy atom. The van der Waals surface area contributed by atoms with Gasteiger partial charge in [-0.05, 0) is 77.0 Å². The van der Waals surface area contributed by atoms with Gasteiger partial charge in [0, 0.05) is 0 Å². The van der Waals surface area contributed by atoms with E-state index in [9.17, 15) is 28.0 Å². The second kappa shape index (κ2) is 35.4. The molecule has 0 aromatic carbocycles. The fraction of sp³-hybridized carbons (Fsp3) is 0.738. The molecule has 7 nitrogen and oxygen atoms in total. The minimum absolute atomic E-state index is 0.256. The van der Waals surface area contributed by atoms with E-state index in [-0.39, 0.29) is 6.42 Å². The van der Waals surface area contributed by atoms with Crippen molar-refractivity contribution in [2.75, 3.05) is 5.75 Å². The molecule has 0 aliphatic carbocycles. The molecule has 0 saturated heterocycles. The van der Waals surface area contributed by atoms with Crippen LogP contribution >= 0.6 is 0 Å².